The average molecular weight is 381 g/mol. The molecule has 27 heavy (non-hydrogen) atoms. The predicted octanol–water partition coefficient (Wildman–Crippen LogP) is 4.42. The molecule has 0 heterocycles. The van der Waals surface area contributed by atoms with Gasteiger partial charge in [-0.25, -0.2) is 13.1 Å². The molecule has 0 amide bonds. The van der Waals surface area contributed by atoms with Crippen molar-refractivity contribution in [2.45, 2.75) is 13.0 Å². The monoisotopic (exact) mass is 380 g/mol. The predicted molar refractivity (Wildman–Crippen MR) is 112 cm³/mol. The van der Waals surface area contributed by atoms with Gasteiger partial charge in [0.2, 0.25) is 10.0 Å². The number of nitrogens with one attached hydrogen (secondary N) is 1. The van der Waals surface area contributed by atoms with Crippen LogP contribution in [0.25, 0.3) is 0 Å². The summed E-state index contributed by atoms with van der Waals surface area (Å²) in [5.41, 5.74) is 4.06. The molecule has 0 aliphatic rings. The molecule has 0 saturated carbocycles. The Morgan fingerprint density at radius 1 is 0.852 bits per heavy atom. The van der Waals surface area contributed by atoms with Gasteiger partial charge in [-0.15, -0.1) is 0 Å². The lowest BCUT2D eigenvalue weighted by Crippen LogP contribution is -2.35. The summed E-state index contributed by atoms with van der Waals surface area (Å²) >= 11 is 0. The molecule has 3 aromatic rings. The number of para-hydroxylation sites is 2. The molecule has 4 nitrogen and oxygen atoms in total. The molecule has 0 aromatic heterocycles. The fraction of sp³-hybridized carbons (Fsp3) is 0.182. The van der Waals surface area contributed by atoms with Crippen LogP contribution < -0.4 is 9.62 Å². The van der Waals surface area contributed by atoms with Crippen LogP contribution in [0.15, 0.2) is 84.9 Å². The minimum absolute atomic E-state index is 0.375. The van der Waals surface area contributed by atoms with Crippen molar-refractivity contribution in [1.82, 2.24) is 4.72 Å². The number of hydrogen-bond acceptors (Lipinski definition) is 3. The average Bonchev–Trinajstić information content (AvgIpc) is 2.65. The molecule has 140 valence electrons. The highest BCUT2D eigenvalue weighted by Gasteiger charge is 2.21. The number of rotatable bonds is 7. The second kappa shape index (κ2) is 8.37. The summed E-state index contributed by atoms with van der Waals surface area (Å²) in [5.74, 6) is 0. The summed E-state index contributed by atoms with van der Waals surface area (Å²) in [5, 5.41) is 0. The number of sulfonamides is 1. The first-order chi connectivity index (χ1) is 12.9. The van der Waals surface area contributed by atoms with Crippen LogP contribution in [0, 0.1) is 6.92 Å². The molecule has 0 radical (unpaired) electrons. The van der Waals surface area contributed by atoms with Gasteiger partial charge in [0.05, 0.1) is 12.3 Å². The van der Waals surface area contributed by atoms with E-state index in [1.807, 2.05) is 91.9 Å². The van der Waals surface area contributed by atoms with Crippen molar-refractivity contribution >= 4 is 21.4 Å². The van der Waals surface area contributed by atoms with Crippen molar-refractivity contribution < 1.29 is 8.42 Å². The second-order valence-electron chi connectivity index (χ2n) is 6.64. The maximum atomic E-state index is 12.0. The molecule has 3 rings (SSSR count). The van der Waals surface area contributed by atoms with E-state index in [2.05, 4.69) is 9.62 Å². The van der Waals surface area contributed by atoms with E-state index >= 15 is 0 Å². The maximum Gasteiger partial charge on any atom is 0.209 e. The summed E-state index contributed by atoms with van der Waals surface area (Å²) in [7, 11) is -3.37. The number of hydrogen-bond donors (Lipinski definition) is 1. The van der Waals surface area contributed by atoms with E-state index < -0.39 is 10.0 Å². The van der Waals surface area contributed by atoms with E-state index in [1.165, 1.54) is 6.26 Å². The smallest absolute Gasteiger partial charge is 0.209 e. The summed E-state index contributed by atoms with van der Waals surface area (Å²) < 4.78 is 26.8. The van der Waals surface area contributed by atoms with Crippen molar-refractivity contribution in [3.63, 3.8) is 0 Å². The van der Waals surface area contributed by atoms with Crippen molar-refractivity contribution in [1.29, 1.82) is 0 Å². The van der Waals surface area contributed by atoms with E-state index in [9.17, 15) is 8.42 Å². The van der Waals surface area contributed by atoms with Gasteiger partial charge in [-0.3, -0.25) is 0 Å². The zero-order valence-electron chi connectivity index (χ0n) is 15.5. The molecular weight excluding hydrogens is 356 g/mol. The Hall–Kier alpha value is -2.63. The van der Waals surface area contributed by atoms with E-state index in [4.69, 9.17) is 0 Å². The van der Waals surface area contributed by atoms with E-state index in [0.717, 1.165) is 22.5 Å². The summed E-state index contributed by atoms with van der Waals surface area (Å²) in [4.78, 5) is 2.13. The van der Waals surface area contributed by atoms with Crippen molar-refractivity contribution in [3.8, 4) is 0 Å². The Bertz CT molecular complexity index is 934. The Kier molecular flexibility index (Phi) is 5.94. The van der Waals surface area contributed by atoms with E-state index in [0.29, 0.717) is 6.54 Å². The topological polar surface area (TPSA) is 49.4 Å². The fourth-order valence-electron chi connectivity index (χ4n) is 3.11. The number of aryl methyl sites for hydroxylation is 1. The van der Waals surface area contributed by atoms with Crippen molar-refractivity contribution in [2.75, 3.05) is 17.7 Å². The molecule has 0 unspecified atom stereocenters. The Labute approximate surface area is 161 Å². The molecule has 0 saturated heterocycles. The molecule has 0 aliphatic carbocycles. The highest BCUT2D eigenvalue weighted by Crippen LogP contribution is 2.28. The van der Waals surface area contributed by atoms with Crippen LogP contribution in [0.1, 0.15) is 17.2 Å². The summed E-state index contributed by atoms with van der Waals surface area (Å²) in [6.07, 6.45) is 1.20. The van der Waals surface area contributed by atoms with E-state index in [-0.39, 0.29) is 6.04 Å². The van der Waals surface area contributed by atoms with Crippen molar-refractivity contribution in [2.24, 2.45) is 0 Å². The van der Waals surface area contributed by atoms with Crippen molar-refractivity contribution in [3.05, 3.63) is 96.1 Å². The van der Waals surface area contributed by atoms with Gasteiger partial charge in [0, 0.05) is 17.9 Å². The van der Waals surface area contributed by atoms with Crippen LogP contribution >= 0.6 is 0 Å². The van der Waals surface area contributed by atoms with Gasteiger partial charge < -0.3 is 4.90 Å². The van der Waals surface area contributed by atoms with E-state index in [1.54, 1.807) is 0 Å². The van der Waals surface area contributed by atoms with Gasteiger partial charge in [-0.05, 0) is 36.8 Å². The number of benzene rings is 3. The first-order valence-corrected chi connectivity index (χ1v) is 10.7. The van der Waals surface area contributed by atoms with Crippen LogP contribution in [0.5, 0.6) is 0 Å². The van der Waals surface area contributed by atoms with Gasteiger partial charge in [0.1, 0.15) is 0 Å². The van der Waals surface area contributed by atoms with Crippen LogP contribution in [0.2, 0.25) is 0 Å². The highest BCUT2D eigenvalue weighted by atomic mass is 32.2. The van der Waals surface area contributed by atoms with Crippen LogP contribution in [-0.4, -0.2) is 21.2 Å². The molecular formula is C22H24N2O2S. The molecule has 1 atom stereocenters. The molecule has 3 aromatic carbocycles. The minimum atomic E-state index is -3.37. The van der Waals surface area contributed by atoms with Crippen LogP contribution in [-0.2, 0) is 10.0 Å². The molecule has 1 N–H and O–H groups in total. The molecule has 0 spiro atoms. The molecule has 0 aliphatic heterocycles. The summed E-state index contributed by atoms with van der Waals surface area (Å²) in [6.45, 7) is 2.48. The fourth-order valence-corrected chi connectivity index (χ4v) is 3.84. The maximum absolute atomic E-state index is 12.0. The quantitative estimate of drug-likeness (QED) is 0.660. The van der Waals surface area contributed by atoms with Gasteiger partial charge in [-0.2, -0.15) is 0 Å². The van der Waals surface area contributed by atoms with Gasteiger partial charge >= 0.3 is 0 Å². The molecule has 0 fully saturated rings. The van der Waals surface area contributed by atoms with Gasteiger partial charge in [0.25, 0.3) is 0 Å². The second-order valence-corrected chi connectivity index (χ2v) is 8.42. The zero-order chi connectivity index (χ0) is 19.3. The largest absolute Gasteiger partial charge is 0.340 e. The van der Waals surface area contributed by atoms with Crippen LogP contribution in [0.4, 0.5) is 11.4 Å². The first-order valence-electron chi connectivity index (χ1n) is 8.84. The zero-order valence-corrected chi connectivity index (χ0v) is 16.4. The van der Waals surface area contributed by atoms with Crippen LogP contribution in [0.3, 0.4) is 0 Å². The summed E-state index contributed by atoms with van der Waals surface area (Å²) in [6, 6.07) is 27.6. The third-order valence-corrected chi connectivity index (χ3v) is 5.01. The SMILES string of the molecule is Cc1cccc([C@H](CN(c2ccccc2)c2ccccc2)NS(C)(=O)=O)c1. The standard InChI is InChI=1S/C22H24N2O2S/c1-18-10-9-11-19(16-18)22(23-27(2,25)26)17-24(20-12-5-3-6-13-20)21-14-7-4-8-15-21/h3-16,22-23H,17H2,1-2H3/t22-/m0/s1. The lowest BCUT2D eigenvalue weighted by atomic mass is 10.0. The number of nitrogens with zero attached hydrogens (tertiary/aromatic N) is 1. The molecule has 0 bridgehead atoms. The highest BCUT2D eigenvalue weighted by molar-refractivity contribution is 7.88. The lowest BCUT2D eigenvalue weighted by Gasteiger charge is -2.30. The third kappa shape index (κ3) is 5.42. The minimum Gasteiger partial charge on any atom is -0.340 e. The number of anilines is 2. The Morgan fingerprint density at radius 2 is 1.41 bits per heavy atom. The first kappa shape index (κ1) is 19.1. The van der Waals surface area contributed by atoms with Gasteiger partial charge in [0.15, 0.2) is 0 Å². The lowest BCUT2D eigenvalue weighted by molar-refractivity contribution is 0.562. The Balaban J connectivity index is 2.02. The molecule has 5 heteroatoms. The normalized spacial score (nSPS) is 12.5. The van der Waals surface area contributed by atoms with Gasteiger partial charge in [-0.1, -0.05) is 66.2 Å². The third-order valence-electron chi connectivity index (χ3n) is 4.30. The Morgan fingerprint density at radius 3 is 1.89 bits per heavy atom.